The Morgan fingerprint density at radius 3 is 2.69 bits per heavy atom. The van der Waals surface area contributed by atoms with Gasteiger partial charge >= 0.3 is 5.97 Å². The minimum Gasteiger partial charge on any atom is -0.459 e. The first-order valence-electron chi connectivity index (χ1n) is 4.65. The Morgan fingerprint density at radius 1 is 1.56 bits per heavy atom. The molecule has 0 aliphatic heterocycles. The molecule has 0 spiro atoms. The first-order valence-corrected chi connectivity index (χ1v) is 4.65. The van der Waals surface area contributed by atoms with E-state index in [2.05, 4.69) is 0 Å². The molecule has 0 fully saturated rings. The van der Waals surface area contributed by atoms with Crippen molar-refractivity contribution in [3.63, 3.8) is 0 Å². The van der Waals surface area contributed by atoms with Crippen molar-refractivity contribution in [2.75, 3.05) is 5.73 Å². The summed E-state index contributed by atoms with van der Waals surface area (Å²) in [5.41, 5.74) is 5.03. The molecule has 84 valence electrons. The van der Waals surface area contributed by atoms with E-state index in [1.54, 1.807) is 19.9 Å². The van der Waals surface area contributed by atoms with Crippen molar-refractivity contribution < 1.29 is 13.9 Å². The van der Waals surface area contributed by atoms with Gasteiger partial charge in [-0.1, -0.05) is 0 Å². The Labute approximate surface area is 92.4 Å². The van der Waals surface area contributed by atoms with E-state index < -0.39 is 11.8 Å². The Morgan fingerprint density at radius 2 is 2.19 bits per heavy atom. The van der Waals surface area contributed by atoms with Crippen LogP contribution in [0.5, 0.6) is 0 Å². The topological polar surface area (TPSA) is 76.1 Å². The van der Waals surface area contributed by atoms with Crippen LogP contribution in [0.2, 0.25) is 0 Å². The molecule has 0 aliphatic rings. The second-order valence-corrected chi connectivity index (χ2v) is 3.49. The lowest BCUT2D eigenvalue weighted by molar-refractivity contribution is 0.0377. The van der Waals surface area contributed by atoms with Gasteiger partial charge in [0.25, 0.3) is 0 Å². The smallest absolute Gasteiger partial charge is 0.339 e. The average Bonchev–Trinajstić information content (AvgIpc) is 2.20. The lowest BCUT2D eigenvalue weighted by Gasteiger charge is -2.09. The molecule has 1 rings (SSSR count). The van der Waals surface area contributed by atoms with E-state index in [4.69, 9.17) is 15.7 Å². The molecular weight excluding hydrogens is 211 g/mol. The van der Waals surface area contributed by atoms with Crippen molar-refractivity contribution in [3.8, 4) is 6.07 Å². The second-order valence-electron chi connectivity index (χ2n) is 3.49. The Hall–Kier alpha value is -2.09. The number of nitrogens with two attached hydrogens (primary N) is 1. The predicted octanol–water partition coefficient (Wildman–Crippen LogP) is 1.84. The third-order valence-electron chi connectivity index (χ3n) is 1.82. The van der Waals surface area contributed by atoms with E-state index in [0.717, 1.165) is 12.1 Å². The zero-order valence-corrected chi connectivity index (χ0v) is 8.95. The largest absolute Gasteiger partial charge is 0.459 e. The zero-order valence-electron chi connectivity index (χ0n) is 8.95. The summed E-state index contributed by atoms with van der Waals surface area (Å²) < 4.78 is 17.9. The molecule has 1 aromatic carbocycles. The highest BCUT2D eigenvalue weighted by molar-refractivity contribution is 5.93. The number of nitrogen functional groups attached to an aromatic ring is 1. The van der Waals surface area contributed by atoms with E-state index in [1.165, 1.54) is 0 Å². The quantitative estimate of drug-likeness (QED) is 0.612. The number of benzene rings is 1. The van der Waals surface area contributed by atoms with E-state index in [1.807, 2.05) is 0 Å². The normalized spacial score (nSPS) is 9.94. The number of ether oxygens (including phenoxy) is 1. The highest BCUT2D eigenvalue weighted by Crippen LogP contribution is 2.18. The molecule has 0 aliphatic carbocycles. The van der Waals surface area contributed by atoms with Gasteiger partial charge in [0, 0.05) is 0 Å². The van der Waals surface area contributed by atoms with Crippen LogP contribution < -0.4 is 5.73 Å². The summed E-state index contributed by atoms with van der Waals surface area (Å²) in [6.45, 7) is 3.35. The maximum absolute atomic E-state index is 13.0. The maximum atomic E-state index is 13.0. The number of nitriles is 1. The monoisotopic (exact) mass is 222 g/mol. The molecule has 0 aromatic heterocycles. The van der Waals surface area contributed by atoms with Gasteiger partial charge < -0.3 is 10.5 Å². The van der Waals surface area contributed by atoms with Crippen molar-refractivity contribution >= 4 is 11.7 Å². The third kappa shape index (κ3) is 2.48. The van der Waals surface area contributed by atoms with Gasteiger partial charge in [-0.05, 0) is 26.0 Å². The van der Waals surface area contributed by atoms with E-state index in [-0.39, 0.29) is 22.9 Å². The molecule has 2 N–H and O–H groups in total. The van der Waals surface area contributed by atoms with Crippen LogP contribution in [-0.2, 0) is 4.74 Å². The predicted molar refractivity (Wildman–Crippen MR) is 56.1 cm³/mol. The molecule has 0 unspecified atom stereocenters. The van der Waals surface area contributed by atoms with Gasteiger partial charge in [0.1, 0.15) is 11.9 Å². The molecule has 0 amide bonds. The van der Waals surface area contributed by atoms with Crippen LogP contribution in [0.3, 0.4) is 0 Å². The minimum absolute atomic E-state index is 0.0184. The average molecular weight is 222 g/mol. The van der Waals surface area contributed by atoms with Crippen LogP contribution in [0.15, 0.2) is 12.1 Å². The molecule has 0 atom stereocenters. The van der Waals surface area contributed by atoms with Crippen LogP contribution in [0.1, 0.15) is 29.8 Å². The molecule has 0 heterocycles. The summed E-state index contributed by atoms with van der Waals surface area (Å²) in [6, 6.07) is 3.75. The van der Waals surface area contributed by atoms with Crippen molar-refractivity contribution in [2.24, 2.45) is 0 Å². The molecule has 0 bridgehead atoms. The lowest BCUT2D eigenvalue weighted by atomic mass is 10.1. The number of hydrogen-bond acceptors (Lipinski definition) is 4. The van der Waals surface area contributed by atoms with Gasteiger partial charge in [0.05, 0.1) is 22.9 Å². The Balaban J connectivity index is 3.18. The van der Waals surface area contributed by atoms with Gasteiger partial charge in [-0.3, -0.25) is 0 Å². The molecule has 0 saturated carbocycles. The number of anilines is 1. The number of halogens is 1. The fourth-order valence-electron chi connectivity index (χ4n) is 1.13. The number of hydrogen-bond donors (Lipinski definition) is 1. The standard InChI is InChI=1S/C11H11FN2O2/c1-6(2)16-11(15)8-4-10(14)9(12)3-7(8)5-13/h3-4,6H,14H2,1-2H3. The maximum Gasteiger partial charge on any atom is 0.339 e. The van der Waals surface area contributed by atoms with Crippen molar-refractivity contribution in [1.29, 1.82) is 5.26 Å². The number of carbonyl (C=O) groups is 1. The number of nitrogens with zero attached hydrogens (tertiary/aromatic N) is 1. The van der Waals surface area contributed by atoms with Gasteiger partial charge in [-0.2, -0.15) is 5.26 Å². The van der Waals surface area contributed by atoms with Crippen molar-refractivity contribution in [2.45, 2.75) is 20.0 Å². The number of carbonyl (C=O) groups excluding carboxylic acids is 1. The number of rotatable bonds is 2. The van der Waals surface area contributed by atoms with Gasteiger partial charge in [-0.25, -0.2) is 9.18 Å². The summed E-state index contributed by atoms with van der Waals surface area (Å²) in [5, 5.41) is 8.75. The molecule has 16 heavy (non-hydrogen) atoms. The highest BCUT2D eigenvalue weighted by atomic mass is 19.1. The van der Waals surface area contributed by atoms with Crippen LogP contribution in [0, 0.1) is 17.1 Å². The summed E-state index contributed by atoms with van der Waals surface area (Å²) in [5.74, 6) is -1.41. The minimum atomic E-state index is -0.724. The van der Waals surface area contributed by atoms with E-state index in [0.29, 0.717) is 0 Å². The van der Waals surface area contributed by atoms with Crippen molar-refractivity contribution in [3.05, 3.63) is 29.1 Å². The molecular formula is C11H11FN2O2. The fourth-order valence-corrected chi connectivity index (χ4v) is 1.13. The van der Waals surface area contributed by atoms with Crippen LogP contribution in [-0.4, -0.2) is 12.1 Å². The lowest BCUT2D eigenvalue weighted by Crippen LogP contribution is -2.13. The summed E-state index contributed by atoms with van der Waals surface area (Å²) in [7, 11) is 0. The van der Waals surface area contributed by atoms with Gasteiger partial charge in [-0.15, -0.1) is 0 Å². The summed E-state index contributed by atoms with van der Waals surface area (Å²) in [4.78, 5) is 11.5. The zero-order chi connectivity index (χ0) is 12.3. The number of esters is 1. The Bertz CT molecular complexity index is 464. The molecule has 0 saturated heterocycles. The van der Waals surface area contributed by atoms with Crippen LogP contribution in [0.25, 0.3) is 0 Å². The Kier molecular flexibility index (Phi) is 3.46. The highest BCUT2D eigenvalue weighted by Gasteiger charge is 2.16. The molecule has 0 radical (unpaired) electrons. The van der Waals surface area contributed by atoms with Crippen molar-refractivity contribution in [1.82, 2.24) is 0 Å². The van der Waals surface area contributed by atoms with E-state index in [9.17, 15) is 9.18 Å². The van der Waals surface area contributed by atoms with Gasteiger partial charge in [0.2, 0.25) is 0 Å². The summed E-state index contributed by atoms with van der Waals surface area (Å²) in [6.07, 6.45) is -0.315. The third-order valence-corrected chi connectivity index (χ3v) is 1.82. The van der Waals surface area contributed by atoms with Crippen LogP contribution in [0.4, 0.5) is 10.1 Å². The fraction of sp³-hybridized carbons (Fsp3) is 0.273. The second kappa shape index (κ2) is 4.62. The molecule has 4 nitrogen and oxygen atoms in total. The summed E-state index contributed by atoms with van der Waals surface area (Å²) >= 11 is 0. The SMILES string of the molecule is CC(C)OC(=O)c1cc(N)c(F)cc1C#N. The first-order chi connectivity index (χ1) is 7.45. The molecule has 5 heteroatoms. The van der Waals surface area contributed by atoms with Crippen LogP contribution >= 0.6 is 0 Å². The molecule has 1 aromatic rings. The van der Waals surface area contributed by atoms with E-state index >= 15 is 0 Å². The first kappa shape index (κ1) is 12.0. The van der Waals surface area contributed by atoms with Gasteiger partial charge in [0.15, 0.2) is 0 Å².